The average Bonchev–Trinajstić information content (AvgIpc) is 3.25. The smallest absolute Gasteiger partial charge is 0.328 e. The fourth-order valence-corrected chi connectivity index (χ4v) is 3.63. The van der Waals surface area contributed by atoms with Gasteiger partial charge in [0, 0.05) is 29.3 Å². The molecule has 14 heteroatoms. The molecule has 0 aliphatic rings. The van der Waals surface area contributed by atoms with Gasteiger partial charge in [0.25, 0.3) is 0 Å². The number of rotatable bonds is 14. The monoisotopic (exact) mass is 523 g/mol. The number of amides is 3. The molecule has 0 spiro atoms. The number of nitrogens with one attached hydrogen (secondary N) is 4. The van der Waals surface area contributed by atoms with E-state index in [1.165, 1.54) is 0 Å². The van der Waals surface area contributed by atoms with Gasteiger partial charge in [-0.05, 0) is 24.5 Å². The Bertz CT molecular complexity index is 1110. The van der Waals surface area contributed by atoms with Crippen molar-refractivity contribution < 1.29 is 39.3 Å². The number of aromatic nitrogens is 1. The van der Waals surface area contributed by atoms with Crippen molar-refractivity contribution in [3.8, 4) is 0 Å². The van der Waals surface area contributed by atoms with Crippen molar-refractivity contribution in [1.29, 1.82) is 0 Å². The highest BCUT2D eigenvalue weighted by atomic mass is 32.1. The normalized spacial score (nSPS) is 14.3. The van der Waals surface area contributed by atoms with E-state index in [0.29, 0.717) is 0 Å². The zero-order valence-corrected chi connectivity index (χ0v) is 20.0. The summed E-state index contributed by atoms with van der Waals surface area (Å²) in [7, 11) is 0. The number of benzene rings is 1. The molecule has 0 saturated carbocycles. The van der Waals surface area contributed by atoms with E-state index >= 15 is 0 Å². The van der Waals surface area contributed by atoms with Crippen molar-refractivity contribution in [1.82, 2.24) is 20.9 Å². The number of aliphatic carboxylic acids is 2. The first kappa shape index (κ1) is 28.6. The molecule has 36 heavy (non-hydrogen) atoms. The lowest BCUT2D eigenvalue weighted by molar-refractivity contribution is -0.144. The Morgan fingerprint density at radius 2 is 1.56 bits per heavy atom. The molecule has 3 amide bonds. The third kappa shape index (κ3) is 7.96. The fraction of sp³-hybridized carbons (Fsp3) is 0.409. The minimum atomic E-state index is -1.65. The molecular weight excluding hydrogens is 494 g/mol. The van der Waals surface area contributed by atoms with Crippen molar-refractivity contribution >= 4 is 53.2 Å². The molecule has 0 fully saturated rings. The number of H-pyrrole nitrogens is 1. The fourth-order valence-electron chi connectivity index (χ4n) is 3.37. The molecule has 2 aromatic rings. The third-order valence-electron chi connectivity index (χ3n) is 5.34. The molecule has 196 valence electrons. The summed E-state index contributed by atoms with van der Waals surface area (Å²) < 4.78 is 0. The van der Waals surface area contributed by atoms with E-state index < -0.39 is 66.9 Å². The molecule has 4 unspecified atom stereocenters. The topological polar surface area (TPSA) is 224 Å². The molecule has 0 bridgehead atoms. The summed E-state index contributed by atoms with van der Waals surface area (Å²) in [5.41, 5.74) is 7.73. The van der Waals surface area contributed by atoms with Gasteiger partial charge in [-0.3, -0.25) is 19.2 Å². The highest BCUT2D eigenvalue weighted by Crippen LogP contribution is 2.18. The minimum absolute atomic E-state index is 0.168. The molecule has 0 aliphatic carbocycles. The van der Waals surface area contributed by atoms with Gasteiger partial charge in [0.2, 0.25) is 17.7 Å². The first-order valence-corrected chi connectivity index (χ1v) is 11.6. The van der Waals surface area contributed by atoms with Gasteiger partial charge in [-0.25, -0.2) is 4.79 Å². The molecule has 9 N–H and O–H groups in total. The number of aliphatic hydroxyl groups is 1. The number of para-hydroxylation sites is 1. The summed E-state index contributed by atoms with van der Waals surface area (Å²) in [5.74, 6) is -5.43. The Kier molecular flexibility index (Phi) is 10.7. The second kappa shape index (κ2) is 13.5. The second-order valence-electron chi connectivity index (χ2n) is 7.99. The van der Waals surface area contributed by atoms with Gasteiger partial charge < -0.3 is 42.0 Å². The first-order valence-electron chi connectivity index (χ1n) is 10.9. The van der Waals surface area contributed by atoms with Crippen molar-refractivity contribution in [2.24, 2.45) is 5.73 Å². The lowest BCUT2D eigenvalue weighted by Crippen LogP contribution is -2.58. The van der Waals surface area contributed by atoms with Gasteiger partial charge >= 0.3 is 11.9 Å². The van der Waals surface area contributed by atoms with Gasteiger partial charge in [0.1, 0.15) is 18.1 Å². The maximum absolute atomic E-state index is 12.8. The Morgan fingerprint density at radius 1 is 0.944 bits per heavy atom. The molecule has 2 rings (SSSR count). The van der Waals surface area contributed by atoms with E-state index in [-0.39, 0.29) is 18.6 Å². The lowest BCUT2D eigenvalue weighted by atomic mass is 10.0. The maximum atomic E-state index is 12.8. The zero-order chi connectivity index (χ0) is 26.8. The number of fused-ring (bicyclic) bond motifs is 1. The van der Waals surface area contributed by atoms with Crippen LogP contribution in [0, 0.1) is 0 Å². The second-order valence-corrected chi connectivity index (χ2v) is 8.35. The number of carboxylic acids is 2. The molecule has 0 radical (unpaired) electrons. The predicted molar refractivity (Wildman–Crippen MR) is 131 cm³/mol. The molecular formula is C22H29N5O8S. The number of aliphatic hydroxyl groups excluding tert-OH is 1. The van der Waals surface area contributed by atoms with E-state index in [2.05, 4.69) is 28.2 Å². The molecule has 0 aliphatic heterocycles. The molecule has 1 aromatic carbocycles. The van der Waals surface area contributed by atoms with Crippen molar-refractivity contribution in [3.05, 3.63) is 36.0 Å². The van der Waals surface area contributed by atoms with Crippen LogP contribution < -0.4 is 21.7 Å². The predicted octanol–water partition coefficient (Wildman–Crippen LogP) is -1.64. The zero-order valence-electron chi connectivity index (χ0n) is 19.1. The number of carboxylic acid groups (broad SMARTS) is 2. The quantitative estimate of drug-likeness (QED) is 0.129. The molecule has 1 heterocycles. The van der Waals surface area contributed by atoms with Crippen LogP contribution in [0.25, 0.3) is 10.9 Å². The summed E-state index contributed by atoms with van der Waals surface area (Å²) in [6.45, 7) is -0.912. The number of aromatic amines is 1. The van der Waals surface area contributed by atoms with Crippen LogP contribution in [0.5, 0.6) is 0 Å². The Balaban J connectivity index is 2.04. The maximum Gasteiger partial charge on any atom is 0.328 e. The highest BCUT2D eigenvalue weighted by molar-refractivity contribution is 7.80. The van der Waals surface area contributed by atoms with Crippen LogP contribution in [0.1, 0.15) is 18.4 Å². The van der Waals surface area contributed by atoms with Gasteiger partial charge in [-0.1, -0.05) is 18.2 Å². The average molecular weight is 524 g/mol. The number of nitrogens with two attached hydrogens (primary N) is 1. The summed E-state index contributed by atoms with van der Waals surface area (Å²) in [5, 5.41) is 34.7. The summed E-state index contributed by atoms with van der Waals surface area (Å²) in [6, 6.07) is 2.15. The molecule has 0 saturated heterocycles. The number of hydrogen-bond donors (Lipinski definition) is 9. The summed E-state index contributed by atoms with van der Waals surface area (Å²) in [6.07, 6.45) is 1.04. The summed E-state index contributed by atoms with van der Waals surface area (Å²) in [4.78, 5) is 63.0. The highest BCUT2D eigenvalue weighted by Gasteiger charge is 2.30. The van der Waals surface area contributed by atoms with E-state index in [4.69, 9.17) is 21.1 Å². The van der Waals surface area contributed by atoms with Crippen LogP contribution in [-0.4, -0.2) is 86.5 Å². The Morgan fingerprint density at radius 3 is 2.17 bits per heavy atom. The van der Waals surface area contributed by atoms with Crippen LogP contribution in [-0.2, 0) is 30.4 Å². The van der Waals surface area contributed by atoms with Crippen LogP contribution in [0.3, 0.4) is 0 Å². The number of carbonyl (C=O) groups is 5. The largest absolute Gasteiger partial charge is 0.481 e. The SMILES string of the molecule is NC(Cc1c[nH]c2ccccc12)C(=O)NC(CS)C(=O)NC(CCC(=O)O)C(=O)NC(CO)C(=O)O. The van der Waals surface area contributed by atoms with Crippen molar-refractivity contribution in [2.75, 3.05) is 12.4 Å². The van der Waals surface area contributed by atoms with Crippen LogP contribution in [0.2, 0.25) is 0 Å². The molecule has 1 aromatic heterocycles. The standard InChI is InChI=1S/C22H29N5O8S/c23-13(7-11-8-24-14-4-2-1-3-12(11)14)19(31)27-17(10-36)21(33)25-15(5-6-18(29)30)20(32)26-16(9-28)22(34)35/h1-4,8,13,15-17,24,28,36H,5-7,9-10,23H2,(H,25,33)(H,26,32)(H,27,31)(H,29,30)(H,34,35). The van der Waals surface area contributed by atoms with Gasteiger partial charge in [0.15, 0.2) is 0 Å². The van der Waals surface area contributed by atoms with Crippen molar-refractivity contribution in [2.45, 2.75) is 43.4 Å². The number of carbonyl (C=O) groups excluding carboxylic acids is 3. The Hall–Kier alpha value is -3.62. The first-order chi connectivity index (χ1) is 17.1. The number of hydrogen-bond acceptors (Lipinski definition) is 8. The summed E-state index contributed by atoms with van der Waals surface area (Å²) >= 11 is 4.07. The number of thiol groups is 1. The van der Waals surface area contributed by atoms with Crippen LogP contribution in [0.15, 0.2) is 30.5 Å². The van der Waals surface area contributed by atoms with Gasteiger partial charge in [-0.15, -0.1) is 0 Å². The van der Waals surface area contributed by atoms with Crippen LogP contribution >= 0.6 is 12.6 Å². The Labute approximate surface area is 211 Å². The van der Waals surface area contributed by atoms with Crippen molar-refractivity contribution in [3.63, 3.8) is 0 Å². The van der Waals surface area contributed by atoms with Gasteiger partial charge in [-0.2, -0.15) is 12.6 Å². The van der Waals surface area contributed by atoms with E-state index in [1.54, 1.807) is 6.20 Å². The molecule has 4 atom stereocenters. The van der Waals surface area contributed by atoms with E-state index in [9.17, 15) is 24.0 Å². The van der Waals surface area contributed by atoms with E-state index in [0.717, 1.165) is 16.5 Å². The van der Waals surface area contributed by atoms with E-state index in [1.807, 2.05) is 29.6 Å². The third-order valence-corrected chi connectivity index (χ3v) is 5.71. The van der Waals surface area contributed by atoms with Crippen LogP contribution in [0.4, 0.5) is 0 Å². The van der Waals surface area contributed by atoms with Gasteiger partial charge in [0.05, 0.1) is 12.6 Å². The lowest BCUT2D eigenvalue weighted by Gasteiger charge is -2.24. The minimum Gasteiger partial charge on any atom is -0.481 e. The molecule has 13 nitrogen and oxygen atoms in total.